The Morgan fingerprint density at radius 3 is 2.95 bits per heavy atom. The highest BCUT2D eigenvalue weighted by Crippen LogP contribution is 2.18. The highest BCUT2D eigenvalue weighted by atomic mass is 16.5. The maximum absolute atomic E-state index is 11.8. The molecular weight excluding hydrogens is 248 g/mol. The molecule has 6 heteroatoms. The van der Waals surface area contributed by atoms with Gasteiger partial charge in [-0.15, -0.1) is 0 Å². The molecule has 2 rings (SSSR count). The molecule has 1 heterocycles. The van der Waals surface area contributed by atoms with Crippen molar-refractivity contribution in [1.29, 1.82) is 0 Å². The number of amides is 1. The van der Waals surface area contributed by atoms with Crippen molar-refractivity contribution >= 4 is 16.9 Å². The zero-order chi connectivity index (χ0) is 13.8. The third-order valence-corrected chi connectivity index (χ3v) is 2.59. The highest BCUT2D eigenvalue weighted by Gasteiger charge is 2.07. The molecule has 0 saturated carbocycles. The zero-order valence-corrected chi connectivity index (χ0v) is 10.7. The molecule has 100 valence electrons. The lowest BCUT2D eigenvalue weighted by Crippen LogP contribution is -2.23. The van der Waals surface area contributed by atoms with E-state index in [0.29, 0.717) is 35.6 Å². The number of methoxy groups -OCH3 is 1. The molecule has 1 amide bonds. The van der Waals surface area contributed by atoms with Gasteiger partial charge in [-0.25, -0.2) is 0 Å². The molecule has 0 atom stereocenters. The Morgan fingerprint density at radius 1 is 1.47 bits per heavy atom. The molecule has 0 aliphatic heterocycles. The van der Waals surface area contributed by atoms with Crippen LogP contribution in [0.3, 0.4) is 0 Å². The number of nitrogens with one attached hydrogen (secondary N) is 1. The first-order valence-electron chi connectivity index (χ1n) is 5.82. The van der Waals surface area contributed by atoms with E-state index in [-0.39, 0.29) is 11.5 Å². The Balaban J connectivity index is 2.31. The lowest BCUT2D eigenvalue weighted by molar-refractivity contribution is -0.118. The van der Waals surface area contributed by atoms with Gasteiger partial charge in [-0.2, -0.15) is 4.98 Å². The van der Waals surface area contributed by atoms with Crippen molar-refractivity contribution in [3.63, 3.8) is 0 Å². The van der Waals surface area contributed by atoms with E-state index < -0.39 is 0 Å². The number of aromatic nitrogens is 1. The summed E-state index contributed by atoms with van der Waals surface area (Å²) in [4.78, 5) is 26.4. The maximum atomic E-state index is 11.8. The van der Waals surface area contributed by atoms with E-state index in [1.54, 1.807) is 18.2 Å². The highest BCUT2D eigenvalue weighted by molar-refractivity contribution is 5.77. The summed E-state index contributed by atoms with van der Waals surface area (Å²) in [5, 5.41) is 3.02. The Bertz CT molecular complexity index is 663. The number of benzene rings is 1. The van der Waals surface area contributed by atoms with Crippen LogP contribution in [-0.4, -0.2) is 24.5 Å². The molecule has 0 saturated heterocycles. The van der Waals surface area contributed by atoms with Gasteiger partial charge in [0.05, 0.1) is 12.5 Å². The molecule has 0 unspecified atom stereocenters. The molecule has 1 aromatic carbocycles. The van der Waals surface area contributed by atoms with Crippen molar-refractivity contribution in [3.8, 4) is 5.75 Å². The van der Waals surface area contributed by atoms with Gasteiger partial charge in [0, 0.05) is 26.0 Å². The van der Waals surface area contributed by atoms with Crippen LogP contribution < -0.4 is 15.6 Å². The summed E-state index contributed by atoms with van der Waals surface area (Å²) < 4.78 is 10.6. The fourth-order valence-electron chi connectivity index (χ4n) is 1.67. The van der Waals surface area contributed by atoms with Crippen LogP contribution in [0.1, 0.15) is 12.8 Å². The van der Waals surface area contributed by atoms with E-state index in [4.69, 9.17) is 9.15 Å². The van der Waals surface area contributed by atoms with Gasteiger partial charge in [0.25, 0.3) is 5.56 Å². The third kappa shape index (κ3) is 3.09. The van der Waals surface area contributed by atoms with E-state index in [1.807, 2.05) is 0 Å². The summed E-state index contributed by atoms with van der Waals surface area (Å²) in [5.74, 6) is 0.763. The first-order chi connectivity index (χ1) is 9.10. The second kappa shape index (κ2) is 5.51. The predicted octanol–water partition coefficient (Wildman–Crippen LogP) is 0.875. The van der Waals surface area contributed by atoms with Crippen molar-refractivity contribution < 1.29 is 13.9 Å². The van der Waals surface area contributed by atoms with E-state index in [9.17, 15) is 9.59 Å². The second-order valence-corrected chi connectivity index (χ2v) is 4.01. The number of ether oxygens (including phenoxy) is 1. The van der Waals surface area contributed by atoms with E-state index in [0.717, 1.165) is 0 Å². The lowest BCUT2D eigenvalue weighted by Gasteiger charge is -2.04. The number of fused-ring (bicyclic) bond motifs is 1. The minimum Gasteiger partial charge on any atom is -0.497 e. The van der Waals surface area contributed by atoms with Crippen LogP contribution in [-0.2, 0) is 11.2 Å². The summed E-state index contributed by atoms with van der Waals surface area (Å²) in [6.45, 7) is 1.80. The number of carbonyl (C=O) groups excluding carboxylic acids is 1. The van der Waals surface area contributed by atoms with Crippen LogP contribution >= 0.6 is 0 Å². The van der Waals surface area contributed by atoms with Gasteiger partial charge in [0.1, 0.15) is 11.3 Å². The second-order valence-electron chi connectivity index (χ2n) is 4.01. The number of carbonyl (C=O) groups is 1. The van der Waals surface area contributed by atoms with E-state index >= 15 is 0 Å². The van der Waals surface area contributed by atoms with Gasteiger partial charge >= 0.3 is 0 Å². The molecule has 0 fully saturated rings. The number of hydrogen-bond donors (Lipinski definition) is 1. The summed E-state index contributed by atoms with van der Waals surface area (Å²) in [6, 6.07) is 4.93. The normalized spacial score (nSPS) is 10.4. The number of hydrogen-bond acceptors (Lipinski definition) is 5. The van der Waals surface area contributed by atoms with Crippen LogP contribution in [0.4, 0.5) is 0 Å². The monoisotopic (exact) mass is 262 g/mol. The average Bonchev–Trinajstić information content (AvgIpc) is 2.37. The lowest BCUT2D eigenvalue weighted by atomic mass is 10.2. The molecule has 6 nitrogen and oxygen atoms in total. The minimum atomic E-state index is -0.346. The van der Waals surface area contributed by atoms with Gasteiger partial charge in [0.15, 0.2) is 5.89 Å². The fourth-order valence-corrected chi connectivity index (χ4v) is 1.67. The van der Waals surface area contributed by atoms with Crippen LogP contribution in [0.5, 0.6) is 5.75 Å². The SMILES string of the molecule is COc1ccc2c(=O)nc(CCNC(C)=O)oc2c1. The summed E-state index contributed by atoms with van der Waals surface area (Å²) in [7, 11) is 1.54. The molecule has 0 bridgehead atoms. The zero-order valence-electron chi connectivity index (χ0n) is 10.7. The van der Waals surface area contributed by atoms with Gasteiger partial charge in [-0.3, -0.25) is 9.59 Å². The number of nitrogens with zero attached hydrogens (tertiary/aromatic N) is 1. The van der Waals surface area contributed by atoms with E-state index in [2.05, 4.69) is 10.3 Å². The maximum Gasteiger partial charge on any atom is 0.283 e. The largest absolute Gasteiger partial charge is 0.497 e. The van der Waals surface area contributed by atoms with Gasteiger partial charge < -0.3 is 14.5 Å². The number of rotatable bonds is 4. The molecule has 19 heavy (non-hydrogen) atoms. The Labute approximate surface area is 109 Å². The third-order valence-electron chi connectivity index (χ3n) is 2.59. The molecule has 0 radical (unpaired) electrons. The van der Waals surface area contributed by atoms with Crippen LogP contribution in [0, 0.1) is 0 Å². The van der Waals surface area contributed by atoms with Crippen molar-refractivity contribution in [1.82, 2.24) is 10.3 Å². The Kier molecular flexibility index (Phi) is 3.79. The predicted molar refractivity (Wildman–Crippen MR) is 69.2 cm³/mol. The topological polar surface area (TPSA) is 81.4 Å². The van der Waals surface area contributed by atoms with Gasteiger partial charge in [-0.1, -0.05) is 0 Å². The molecular formula is C13H14N2O4. The van der Waals surface area contributed by atoms with Crippen molar-refractivity contribution in [3.05, 3.63) is 34.4 Å². The molecule has 1 aromatic heterocycles. The van der Waals surface area contributed by atoms with Crippen LogP contribution in [0.2, 0.25) is 0 Å². The van der Waals surface area contributed by atoms with Crippen LogP contribution in [0.15, 0.2) is 27.4 Å². The smallest absolute Gasteiger partial charge is 0.283 e. The van der Waals surface area contributed by atoms with Crippen molar-refractivity contribution in [2.45, 2.75) is 13.3 Å². The molecule has 0 spiro atoms. The quantitative estimate of drug-likeness (QED) is 0.884. The van der Waals surface area contributed by atoms with Crippen molar-refractivity contribution in [2.75, 3.05) is 13.7 Å². The Morgan fingerprint density at radius 2 is 2.26 bits per heavy atom. The van der Waals surface area contributed by atoms with Crippen LogP contribution in [0.25, 0.3) is 11.0 Å². The first kappa shape index (κ1) is 13.1. The Hall–Kier alpha value is -2.37. The summed E-state index contributed by atoms with van der Waals surface area (Å²) >= 11 is 0. The fraction of sp³-hybridized carbons (Fsp3) is 0.308. The molecule has 0 aliphatic rings. The first-order valence-corrected chi connectivity index (χ1v) is 5.82. The summed E-state index contributed by atoms with van der Waals surface area (Å²) in [5.41, 5.74) is 0.0823. The van der Waals surface area contributed by atoms with E-state index in [1.165, 1.54) is 14.0 Å². The van der Waals surface area contributed by atoms with Gasteiger partial charge in [0.2, 0.25) is 5.91 Å². The molecule has 1 N–H and O–H groups in total. The minimum absolute atomic E-state index is 0.134. The average molecular weight is 262 g/mol. The van der Waals surface area contributed by atoms with Crippen molar-refractivity contribution in [2.24, 2.45) is 0 Å². The standard InChI is InChI=1S/C13H14N2O4/c1-8(16)14-6-5-12-15-13(17)10-4-3-9(18-2)7-11(10)19-12/h3-4,7H,5-6H2,1-2H3,(H,14,16). The van der Waals surface area contributed by atoms with Gasteiger partial charge in [-0.05, 0) is 12.1 Å². The summed E-state index contributed by atoms with van der Waals surface area (Å²) in [6.07, 6.45) is 0.363. The molecule has 2 aromatic rings. The molecule has 0 aliphatic carbocycles.